The van der Waals surface area contributed by atoms with E-state index in [1.807, 2.05) is 19.1 Å². The molecule has 0 saturated carbocycles. The first-order valence-corrected chi connectivity index (χ1v) is 10.7. The monoisotopic (exact) mass is 506 g/mol. The number of carbonyl (C=O) groups is 2. The van der Waals surface area contributed by atoms with Gasteiger partial charge >= 0.3 is 5.97 Å². The van der Waals surface area contributed by atoms with Crippen molar-refractivity contribution >= 4 is 87.0 Å². The Morgan fingerprint density at radius 3 is 2.16 bits per heavy atom. The van der Waals surface area contributed by atoms with E-state index in [1.165, 1.54) is 22.7 Å². The quantitative estimate of drug-likeness (QED) is 0.308. The maximum atomic E-state index is 11.9. The maximum Gasteiger partial charge on any atom is 0.348 e. The highest BCUT2D eigenvalue weighted by atomic mass is 79.9. The second-order valence-corrected chi connectivity index (χ2v) is 8.51. The fraction of sp³-hybridized carbons (Fsp3) is 0.294. The molecule has 0 aliphatic carbocycles. The smallest absolute Gasteiger partial charge is 0.348 e. The van der Waals surface area contributed by atoms with Gasteiger partial charge in [0.05, 0.1) is 20.9 Å². The van der Waals surface area contributed by atoms with Crippen LogP contribution in [0.5, 0.6) is 0 Å². The Bertz CT molecular complexity index is 856. The molecule has 3 rings (SSSR count). The van der Waals surface area contributed by atoms with Gasteiger partial charge in [0, 0.05) is 33.4 Å². The van der Waals surface area contributed by atoms with Gasteiger partial charge in [-0.3, -0.25) is 4.79 Å². The number of hydrogen-bond donors (Lipinski definition) is 0. The molecule has 0 atom stereocenters. The van der Waals surface area contributed by atoms with Crippen molar-refractivity contribution in [1.29, 1.82) is 0 Å². The van der Waals surface area contributed by atoms with Gasteiger partial charge in [0.25, 0.3) is 0 Å². The Hall–Kier alpha value is -0.800. The molecule has 0 unspecified atom stereocenters. The third-order valence-electron chi connectivity index (χ3n) is 3.24. The zero-order chi connectivity index (χ0) is 18.6. The van der Waals surface area contributed by atoms with E-state index in [1.54, 1.807) is 14.0 Å². The van der Waals surface area contributed by atoms with E-state index in [2.05, 4.69) is 36.6 Å². The first kappa shape index (κ1) is 20.5. The number of esters is 1. The second kappa shape index (κ2) is 9.23. The lowest BCUT2D eigenvalue weighted by Crippen LogP contribution is -2.01. The molecule has 8 heteroatoms. The van der Waals surface area contributed by atoms with Gasteiger partial charge < -0.3 is 9.47 Å². The minimum Gasteiger partial charge on any atom is -0.462 e. The van der Waals surface area contributed by atoms with Crippen LogP contribution >= 0.6 is 54.5 Å². The fourth-order valence-corrected chi connectivity index (χ4v) is 5.80. The maximum absolute atomic E-state index is 11.9. The van der Waals surface area contributed by atoms with Crippen LogP contribution in [-0.4, -0.2) is 32.6 Å². The number of aldehydes is 1. The molecule has 3 aromatic rings. The van der Waals surface area contributed by atoms with Crippen LogP contribution in [0.3, 0.4) is 0 Å². The lowest BCUT2D eigenvalue weighted by atomic mass is 10.2. The summed E-state index contributed by atoms with van der Waals surface area (Å²) in [6, 6.07) is 3.68. The first-order valence-electron chi connectivity index (χ1n) is 7.43. The third kappa shape index (κ3) is 4.31. The van der Waals surface area contributed by atoms with E-state index in [0.717, 1.165) is 42.0 Å². The number of fused-ring (bicyclic) bond motifs is 2. The molecular formula is C17H16Br2O4S2. The predicted octanol–water partition coefficient (Wildman–Crippen LogP) is 6.28. The van der Waals surface area contributed by atoms with Crippen LogP contribution in [-0.2, 0) is 9.47 Å². The number of carbonyl (C=O) groups excluding carboxylic acids is 2. The summed E-state index contributed by atoms with van der Waals surface area (Å²) in [7, 11) is 1.68. The van der Waals surface area contributed by atoms with E-state index in [0.29, 0.717) is 16.4 Å². The van der Waals surface area contributed by atoms with Gasteiger partial charge in [-0.15, -0.1) is 22.7 Å². The van der Waals surface area contributed by atoms with E-state index in [-0.39, 0.29) is 5.97 Å². The molecule has 0 aliphatic rings. The van der Waals surface area contributed by atoms with Crippen molar-refractivity contribution in [3.05, 3.63) is 30.8 Å². The van der Waals surface area contributed by atoms with Gasteiger partial charge in [0.2, 0.25) is 0 Å². The van der Waals surface area contributed by atoms with E-state index in [9.17, 15) is 9.59 Å². The molecule has 0 radical (unpaired) electrons. The minimum absolute atomic E-state index is 0.311. The summed E-state index contributed by atoms with van der Waals surface area (Å²) in [5, 5.41) is 1.92. The van der Waals surface area contributed by atoms with Gasteiger partial charge in [-0.25, -0.2) is 4.79 Å². The van der Waals surface area contributed by atoms with E-state index in [4.69, 9.17) is 4.74 Å². The molecule has 0 aliphatic heterocycles. The highest BCUT2D eigenvalue weighted by Gasteiger charge is 2.19. The van der Waals surface area contributed by atoms with Gasteiger partial charge in [0.1, 0.15) is 4.88 Å². The Labute approximate surface area is 170 Å². The minimum atomic E-state index is -0.311. The van der Waals surface area contributed by atoms with Crippen LogP contribution in [0.25, 0.3) is 20.2 Å². The number of halogens is 2. The molecule has 134 valence electrons. The Kier molecular flexibility index (Phi) is 7.57. The van der Waals surface area contributed by atoms with Crippen LogP contribution in [0, 0.1) is 0 Å². The van der Waals surface area contributed by atoms with Crippen molar-refractivity contribution in [1.82, 2.24) is 0 Å². The standard InChI is InChI=1S/C14H8Br2O3S2.C3H8O/c1-2-19-14(18)9-4-8-11(16)12-7(3-6(5-17)20-12)10(15)13(8)21-9;1-3-4-2/h3-5H,2H2,1H3;3H2,1-2H3. The molecular weight excluding hydrogens is 492 g/mol. The molecule has 0 amide bonds. The van der Waals surface area contributed by atoms with Crippen LogP contribution in [0.15, 0.2) is 21.1 Å². The highest BCUT2D eigenvalue weighted by molar-refractivity contribution is 9.11. The molecule has 0 saturated heterocycles. The van der Waals surface area contributed by atoms with Crippen LogP contribution in [0.1, 0.15) is 33.2 Å². The SMILES string of the molecule is CCOC.CCOC(=O)c1cc2c(Br)c3sc(C=O)cc3c(Br)c2s1. The van der Waals surface area contributed by atoms with Gasteiger partial charge in [-0.2, -0.15) is 0 Å². The number of ether oxygens (including phenoxy) is 2. The fourth-order valence-electron chi connectivity index (χ4n) is 2.06. The van der Waals surface area contributed by atoms with E-state index < -0.39 is 0 Å². The van der Waals surface area contributed by atoms with Crippen molar-refractivity contribution in [2.75, 3.05) is 20.3 Å². The summed E-state index contributed by atoms with van der Waals surface area (Å²) in [6.07, 6.45) is 0.849. The van der Waals surface area contributed by atoms with Crippen LogP contribution in [0.4, 0.5) is 0 Å². The van der Waals surface area contributed by atoms with Crippen LogP contribution < -0.4 is 0 Å². The molecule has 0 spiro atoms. The summed E-state index contributed by atoms with van der Waals surface area (Å²) in [4.78, 5) is 24.1. The zero-order valence-corrected chi connectivity index (χ0v) is 18.7. The topological polar surface area (TPSA) is 52.6 Å². The number of rotatable bonds is 4. The third-order valence-corrected chi connectivity index (χ3v) is 7.62. The molecule has 0 bridgehead atoms. The molecule has 2 aromatic heterocycles. The molecule has 25 heavy (non-hydrogen) atoms. The normalized spacial score (nSPS) is 10.6. The molecule has 4 nitrogen and oxygen atoms in total. The molecule has 0 fully saturated rings. The number of methoxy groups -OCH3 is 1. The van der Waals surface area contributed by atoms with Gasteiger partial charge in [-0.05, 0) is 57.8 Å². The Balaban J connectivity index is 0.000000511. The van der Waals surface area contributed by atoms with Gasteiger partial charge in [-0.1, -0.05) is 0 Å². The summed E-state index contributed by atoms with van der Waals surface area (Å²) in [5.41, 5.74) is 0. The van der Waals surface area contributed by atoms with Crippen molar-refractivity contribution in [3.8, 4) is 0 Å². The average Bonchev–Trinajstić information content (AvgIpc) is 3.25. The lowest BCUT2D eigenvalue weighted by Gasteiger charge is -2.00. The Morgan fingerprint density at radius 2 is 1.64 bits per heavy atom. The number of hydrogen-bond acceptors (Lipinski definition) is 6. The predicted molar refractivity (Wildman–Crippen MR) is 112 cm³/mol. The molecule has 1 aromatic carbocycles. The van der Waals surface area contributed by atoms with Crippen molar-refractivity contribution < 1.29 is 19.1 Å². The number of thiophene rings is 2. The first-order chi connectivity index (χ1) is 12.0. The average molecular weight is 508 g/mol. The van der Waals surface area contributed by atoms with Gasteiger partial charge in [0.15, 0.2) is 6.29 Å². The lowest BCUT2D eigenvalue weighted by molar-refractivity contribution is 0.0532. The summed E-state index contributed by atoms with van der Waals surface area (Å²) >= 11 is 9.98. The zero-order valence-electron chi connectivity index (χ0n) is 13.9. The summed E-state index contributed by atoms with van der Waals surface area (Å²) in [6.45, 7) is 4.92. The van der Waals surface area contributed by atoms with E-state index >= 15 is 0 Å². The summed E-state index contributed by atoms with van der Waals surface area (Å²) in [5.74, 6) is -0.311. The van der Waals surface area contributed by atoms with Crippen molar-refractivity contribution in [2.45, 2.75) is 13.8 Å². The molecule has 0 N–H and O–H groups in total. The highest BCUT2D eigenvalue weighted by Crippen LogP contribution is 2.46. The van der Waals surface area contributed by atoms with Crippen molar-refractivity contribution in [2.24, 2.45) is 0 Å². The van der Waals surface area contributed by atoms with Crippen molar-refractivity contribution in [3.63, 3.8) is 0 Å². The largest absolute Gasteiger partial charge is 0.462 e. The second-order valence-electron chi connectivity index (χ2n) is 4.79. The Morgan fingerprint density at radius 1 is 1.08 bits per heavy atom. The summed E-state index contributed by atoms with van der Waals surface area (Å²) < 4.78 is 13.4. The number of benzene rings is 1. The van der Waals surface area contributed by atoms with Crippen LogP contribution in [0.2, 0.25) is 0 Å². The molecule has 2 heterocycles.